The van der Waals surface area contributed by atoms with E-state index in [9.17, 15) is 14.4 Å². The Balaban J connectivity index is 1.55. The Morgan fingerprint density at radius 1 is 1.10 bits per heavy atom. The molecule has 8 atom stereocenters. The minimum absolute atomic E-state index is 0.148. The molecule has 4 saturated carbocycles. The fourth-order valence-electron chi connectivity index (χ4n) is 8.34. The van der Waals surface area contributed by atoms with Crippen LogP contribution in [0.3, 0.4) is 0 Å². The summed E-state index contributed by atoms with van der Waals surface area (Å²) in [5.41, 5.74) is -0.0627. The predicted molar refractivity (Wildman–Crippen MR) is 111 cm³/mol. The molecule has 4 rings (SSSR count). The van der Waals surface area contributed by atoms with Gasteiger partial charge in [-0.05, 0) is 79.4 Å². The van der Waals surface area contributed by atoms with Crippen molar-refractivity contribution in [3.8, 4) is 0 Å². The minimum Gasteiger partial charge on any atom is -0.469 e. The van der Waals surface area contributed by atoms with Gasteiger partial charge in [-0.3, -0.25) is 14.4 Å². The molecule has 29 heavy (non-hydrogen) atoms. The van der Waals surface area contributed by atoms with Crippen LogP contribution in [0.15, 0.2) is 0 Å². The van der Waals surface area contributed by atoms with E-state index in [4.69, 9.17) is 4.74 Å². The molecule has 0 heterocycles. The lowest BCUT2D eigenvalue weighted by molar-refractivity contribution is -0.159. The maximum absolute atomic E-state index is 13.7. The Hall–Kier alpha value is -1.19. The summed E-state index contributed by atoms with van der Waals surface area (Å²) in [7, 11) is 1.44. The lowest BCUT2D eigenvalue weighted by Gasteiger charge is -2.59. The van der Waals surface area contributed by atoms with Gasteiger partial charge in [0.15, 0.2) is 0 Å². The number of hydrogen-bond acceptors (Lipinski definition) is 4. The summed E-state index contributed by atoms with van der Waals surface area (Å²) in [5, 5.41) is 0. The third kappa shape index (κ3) is 3.20. The first-order valence-corrected chi connectivity index (χ1v) is 11.8. The quantitative estimate of drug-likeness (QED) is 0.622. The van der Waals surface area contributed by atoms with E-state index in [1.807, 2.05) is 0 Å². The normalized spacial score (nSPS) is 45.2. The molecular formula is C25H38O4. The van der Waals surface area contributed by atoms with E-state index >= 15 is 0 Å². The van der Waals surface area contributed by atoms with Gasteiger partial charge < -0.3 is 4.74 Å². The van der Waals surface area contributed by atoms with E-state index in [2.05, 4.69) is 20.8 Å². The molecule has 4 nitrogen and oxygen atoms in total. The van der Waals surface area contributed by atoms with Crippen LogP contribution < -0.4 is 0 Å². The first-order valence-electron chi connectivity index (χ1n) is 11.8. The molecule has 4 fully saturated rings. The molecule has 162 valence electrons. The maximum Gasteiger partial charge on any atom is 0.305 e. The Bertz CT molecular complexity index is 699. The molecule has 0 unspecified atom stereocenters. The number of carbonyl (C=O) groups excluding carboxylic acids is 3. The highest BCUT2D eigenvalue weighted by Gasteiger charge is 2.63. The van der Waals surface area contributed by atoms with Gasteiger partial charge in [0.05, 0.1) is 7.11 Å². The number of methoxy groups -OCH3 is 1. The number of ketones is 2. The monoisotopic (exact) mass is 402 g/mol. The molecule has 0 amide bonds. The van der Waals surface area contributed by atoms with E-state index in [-0.39, 0.29) is 16.8 Å². The summed E-state index contributed by atoms with van der Waals surface area (Å²) in [6.07, 6.45) is 9.00. The van der Waals surface area contributed by atoms with Crippen molar-refractivity contribution in [2.75, 3.05) is 7.11 Å². The number of carbonyl (C=O) groups is 3. The summed E-state index contributed by atoms with van der Waals surface area (Å²) >= 11 is 0. The van der Waals surface area contributed by atoms with E-state index in [1.165, 1.54) is 13.5 Å². The Kier molecular flexibility index (Phi) is 5.44. The van der Waals surface area contributed by atoms with Gasteiger partial charge in [-0.15, -0.1) is 0 Å². The topological polar surface area (TPSA) is 60.4 Å². The van der Waals surface area contributed by atoms with Crippen LogP contribution in [0.4, 0.5) is 0 Å². The van der Waals surface area contributed by atoms with Gasteiger partial charge in [0, 0.05) is 31.1 Å². The molecular weight excluding hydrogens is 364 g/mol. The fourth-order valence-corrected chi connectivity index (χ4v) is 8.34. The minimum atomic E-state index is -0.232. The van der Waals surface area contributed by atoms with Crippen molar-refractivity contribution < 1.29 is 19.1 Å². The molecule has 0 saturated heterocycles. The fraction of sp³-hybridized carbons (Fsp3) is 0.880. The van der Waals surface area contributed by atoms with Crippen LogP contribution in [0.25, 0.3) is 0 Å². The molecule has 4 aliphatic rings. The second-order valence-electron chi connectivity index (χ2n) is 11.1. The van der Waals surface area contributed by atoms with Crippen molar-refractivity contribution in [1.82, 2.24) is 0 Å². The summed E-state index contributed by atoms with van der Waals surface area (Å²) in [6, 6.07) is 0. The average molecular weight is 403 g/mol. The van der Waals surface area contributed by atoms with E-state index in [1.54, 1.807) is 0 Å². The number of hydrogen-bond donors (Lipinski definition) is 0. The molecule has 0 aromatic heterocycles. The van der Waals surface area contributed by atoms with Gasteiger partial charge in [-0.1, -0.05) is 20.8 Å². The van der Waals surface area contributed by atoms with Crippen LogP contribution in [0.5, 0.6) is 0 Å². The van der Waals surface area contributed by atoms with Crippen LogP contribution in [0.2, 0.25) is 0 Å². The molecule has 0 aromatic rings. The second-order valence-corrected chi connectivity index (χ2v) is 11.1. The van der Waals surface area contributed by atoms with E-state index in [0.29, 0.717) is 66.3 Å². The van der Waals surface area contributed by atoms with Gasteiger partial charge in [0.2, 0.25) is 0 Å². The SMILES string of the molecule is COC(=O)CC[C@H](C)[C@H]1CC[C@H]2[C@@H]3CC[C@@H]4CC(=O)CC[C@]4(C)[C@H]3CC(=O)[C@]12C. The first kappa shape index (κ1) is 21.1. The highest BCUT2D eigenvalue weighted by molar-refractivity contribution is 5.87. The van der Waals surface area contributed by atoms with E-state index < -0.39 is 0 Å². The first-order chi connectivity index (χ1) is 13.7. The lowest BCUT2D eigenvalue weighted by atomic mass is 9.44. The van der Waals surface area contributed by atoms with Crippen molar-refractivity contribution in [2.24, 2.45) is 46.3 Å². The molecule has 4 heteroatoms. The lowest BCUT2D eigenvalue weighted by Crippen LogP contribution is -2.57. The maximum atomic E-state index is 13.7. The number of ether oxygens (including phenoxy) is 1. The van der Waals surface area contributed by atoms with Crippen LogP contribution >= 0.6 is 0 Å². The van der Waals surface area contributed by atoms with Crippen molar-refractivity contribution >= 4 is 17.5 Å². The molecule has 0 spiro atoms. The third-order valence-electron chi connectivity index (χ3n) is 10.1. The van der Waals surface area contributed by atoms with Gasteiger partial charge in [0.1, 0.15) is 11.6 Å². The van der Waals surface area contributed by atoms with Gasteiger partial charge in [-0.2, -0.15) is 0 Å². The highest BCUT2D eigenvalue weighted by Crippen LogP contribution is 2.67. The summed E-state index contributed by atoms with van der Waals surface area (Å²) < 4.78 is 4.83. The zero-order chi connectivity index (χ0) is 21.0. The van der Waals surface area contributed by atoms with Gasteiger partial charge in [0.25, 0.3) is 0 Å². The van der Waals surface area contributed by atoms with E-state index in [0.717, 1.165) is 38.5 Å². The summed E-state index contributed by atoms with van der Waals surface area (Å²) in [6.45, 7) is 6.87. The molecule has 0 bridgehead atoms. The highest BCUT2D eigenvalue weighted by atomic mass is 16.5. The number of Topliss-reactive ketones (excluding diaryl/α,β-unsaturated/α-hetero) is 2. The summed E-state index contributed by atoms with van der Waals surface area (Å²) in [5.74, 6) is 3.55. The van der Waals surface area contributed by atoms with Crippen molar-refractivity contribution in [3.05, 3.63) is 0 Å². The third-order valence-corrected chi connectivity index (χ3v) is 10.1. The molecule has 0 N–H and O–H groups in total. The second kappa shape index (κ2) is 7.50. The van der Waals surface area contributed by atoms with Crippen LogP contribution in [0.1, 0.15) is 85.0 Å². The van der Waals surface area contributed by atoms with Gasteiger partial charge >= 0.3 is 5.97 Å². The van der Waals surface area contributed by atoms with Crippen LogP contribution in [0, 0.1) is 46.3 Å². The summed E-state index contributed by atoms with van der Waals surface area (Å²) in [4.78, 5) is 37.4. The molecule has 0 aromatic carbocycles. The van der Waals surface area contributed by atoms with Crippen molar-refractivity contribution in [3.63, 3.8) is 0 Å². The number of rotatable bonds is 4. The zero-order valence-electron chi connectivity index (χ0n) is 18.7. The van der Waals surface area contributed by atoms with Crippen molar-refractivity contribution in [2.45, 2.75) is 85.0 Å². The standard InChI is InChI=1S/C25H38O4/c1-15(5-10-23(28)29-4)19-8-9-20-18-7-6-16-13-17(26)11-12-24(16,2)21(18)14-22(27)25(19,20)3/h15-16,18-21H,5-14H2,1-4H3/t15-,16+,18-,19+,20-,21-,24-,25+/m0/s1. The number of esters is 1. The Morgan fingerprint density at radius 3 is 2.59 bits per heavy atom. The van der Waals surface area contributed by atoms with Crippen LogP contribution in [-0.4, -0.2) is 24.6 Å². The Labute approximate surface area is 175 Å². The van der Waals surface area contributed by atoms with Crippen LogP contribution in [-0.2, 0) is 19.1 Å². The smallest absolute Gasteiger partial charge is 0.305 e. The zero-order valence-corrected chi connectivity index (χ0v) is 18.7. The largest absolute Gasteiger partial charge is 0.469 e. The average Bonchev–Trinajstić information content (AvgIpc) is 3.06. The molecule has 0 aliphatic heterocycles. The molecule has 4 aliphatic carbocycles. The number of fused-ring (bicyclic) bond motifs is 5. The van der Waals surface area contributed by atoms with Gasteiger partial charge in [-0.25, -0.2) is 0 Å². The predicted octanol–water partition coefficient (Wildman–Crippen LogP) is 4.98. The Morgan fingerprint density at radius 2 is 1.86 bits per heavy atom. The van der Waals surface area contributed by atoms with Crippen molar-refractivity contribution in [1.29, 1.82) is 0 Å². The molecule has 0 radical (unpaired) electrons.